The van der Waals surface area contributed by atoms with Gasteiger partial charge in [0, 0.05) is 25.0 Å². The Hall–Kier alpha value is -1.00. The van der Waals surface area contributed by atoms with Crippen LogP contribution in [-0.2, 0) is 16.8 Å². The maximum Gasteiger partial charge on any atom is 0.159 e. The second-order valence-electron chi connectivity index (χ2n) is 4.78. The zero-order valence-electron chi connectivity index (χ0n) is 9.94. The molecule has 88 valence electrons. The maximum atomic E-state index is 5.73. The molecule has 4 nitrogen and oxygen atoms in total. The van der Waals surface area contributed by atoms with Crippen LogP contribution in [0.5, 0.6) is 0 Å². The van der Waals surface area contributed by atoms with Gasteiger partial charge in [0.2, 0.25) is 0 Å². The molecule has 2 atom stereocenters. The van der Waals surface area contributed by atoms with Crippen molar-refractivity contribution < 1.29 is 4.74 Å². The number of aromatic nitrogens is 2. The van der Waals surface area contributed by atoms with E-state index in [9.17, 15) is 0 Å². The Labute approximate surface area is 96.2 Å². The summed E-state index contributed by atoms with van der Waals surface area (Å²) in [6, 6.07) is 0.146. The van der Waals surface area contributed by atoms with Crippen LogP contribution >= 0.6 is 0 Å². The SMILES string of the molecule is CC(N)Cc1cnc(C2(C)CCCO2)nc1. The summed E-state index contributed by atoms with van der Waals surface area (Å²) in [5, 5.41) is 0. The van der Waals surface area contributed by atoms with Crippen molar-refractivity contribution in [1.82, 2.24) is 9.97 Å². The monoisotopic (exact) mass is 221 g/mol. The zero-order valence-corrected chi connectivity index (χ0v) is 9.94. The predicted octanol–water partition coefficient (Wildman–Crippen LogP) is 1.39. The topological polar surface area (TPSA) is 61.0 Å². The van der Waals surface area contributed by atoms with Gasteiger partial charge in [-0.2, -0.15) is 0 Å². The van der Waals surface area contributed by atoms with Crippen molar-refractivity contribution in [3.05, 3.63) is 23.8 Å². The van der Waals surface area contributed by atoms with E-state index in [0.29, 0.717) is 0 Å². The standard InChI is InChI=1S/C12H19N3O/c1-9(13)6-10-7-14-11(15-8-10)12(2)4-3-5-16-12/h7-9H,3-6,13H2,1-2H3. The van der Waals surface area contributed by atoms with Gasteiger partial charge in [0.15, 0.2) is 5.82 Å². The van der Waals surface area contributed by atoms with Gasteiger partial charge >= 0.3 is 0 Å². The van der Waals surface area contributed by atoms with Gasteiger partial charge in [-0.25, -0.2) is 9.97 Å². The second kappa shape index (κ2) is 4.47. The van der Waals surface area contributed by atoms with E-state index in [1.165, 1.54) is 0 Å². The van der Waals surface area contributed by atoms with Gasteiger partial charge in [-0.1, -0.05) is 0 Å². The van der Waals surface area contributed by atoms with Gasteiger partial charge in [0.05, 0.1) is 0 Å². The largest absolute Gasteiger partial charge is 0.367 e. The lowest BCUT2D eigenvalue weighted by atomic mass is 10.0. The molecule has 0 radical (unpaired) electrons. The van der Waals surface area contributed by atoms with Crippen molar-refractivity contribution in [2.45, 2.75) is 44.8 Å². The number of hydrogen-bond donors (Lipinski definition) is 1. The van der Waals surface area contributed by atoms with Gasteiger partial charge in [-0.05, 0) is 38.7 Å². The van der Waals surface area contributed by atoms with E-state index in [4.69, 9.17) is 10.5 Å². The highest BCUT2D eigenvalue weighted by molar-refractivity contribution is 5.10. The summed E-state index contributed by atoms with van der Waals surface area (Å²) in [4.78, 5) is 8.79. The highest BCUT2D eigenvalue weighted by atomic mass is 16.5. The van der Waals surface area contributed by atoms with Crippen LogP contribution in [0.4, 0.5) is 0 Å². The summed E-state index contributed by atoms with van der Waals surface area (Å²) in [6.07, 6.45) is 6.62. The van der Waals surface area contributed by atoms with Crippen LogP contribution in [0.15, 0.2) is 12.4 Å². The lowest BCUT2D eigenvalue weighted by Gasteiger charge is -2.21. The maximum absolute atomic E-state index is 5.73. The molecule has 1 aromatic rings. The third-order valence-corrected chi connectivity index (χ3v) is 2.95. The van der Waals surface area contributed by atoms with Crippen molar-refractivity contribution in [1.29, 1.82) is 0 Å². The molecule has 4 heteroatoms. The van der Waals surface area contributed by atoms with Gasteiger partial charge < -0.3 is 10.5 Å². The van der Waals surface area contributed by atoms with E-state index in [1.807, 2.05) is 19.3 Å². The highest BCUT2D eigenvalue weighted by Crippen LogP contribution is 2.32. The molecule has 1 aromatic heterocycles. The first-order chi connectivity index (χ1) is 7.60. The summed E-state index contributed by atoms with van der Waals surface area (Å²) in [5.41, 5.74) is 6.53. The number of nitrogens with two attached hydrogens (primary N) is 1. The Morgan fingerprint density at radius 2 is 2.19 bits per heavy atom. The minimum absolute atomic E-state index is 0.146. The molecule has 2 heterocycles. The van der Waals surface area contributed by atoms with Crippen molar-refractivity contribution in [2.24, 2.45) is 5.73 Å². The average Bonchev–Trinajstić information content (AvgIpc) is 2.66. The lowest BCUT2D eigenvalue weighted by molar-refractivity contribution is 0.00928. The van der Waals surface area contributed by atoms with Crippen LogP contribution in [0, 0.1) is 0 Å². The minimum Gasteiger partial charge on any atom is -0.367 e. The van der Waals surface area contributed by atoms with E-state index in [-0.39, 0.29) is 11.6 Å². The summed E-state index contributed by atoms with van der Waals surface area (Å²) in [5.74, 6) is 0.790. The summed E-state index contributed by atoms with van der Waals surface area (Å²) < 4.78 is 5.70. The van der Waals surface area contributed by atoms with Crippen LogP contribution in [0.3, 0.4) is 0 Å². The van der Waals surface area contributed by atoms with Crippen LogP contribution < -0.4 is 5.73 Å². The fourth-order valence-electron chi connectivity index (χ4n) is 2.06. The molecule has 1 fully saturated rings. The quantitative estimate of drug-likeness (QED) is 0.838. The number of ether oxygens (including phenoxy) is 1. The van der Waals surface area contributed by atoms with Crippen molar-refractivity contribution in [2.75, 3.05) is 6.61 Å². The molecule has 1 aliphatic heterocycles. The molecule has 1 saturated heterocycles. The molecule has 0 aliphatic carbocycles. The molecular weight excluding hydrogens is 202 g/mol. The van der Waals surface area contributed by atoms with Crippen molar-refractivity contribution in [3.63, 3.8) is 0 Å². The first kappa shape index (κ1) is 11.5. The fraction of sp³-hybridized carbons (Fsp3) is 0.667. The zero-order chi connectivity index (χ0) is 11.6. The molecule has 2 rings (SSSR count). The molecule has 0 aromatic carbocycles. The molecule has 1 aliphatic rings. The third-order valence-electron chi connectivity index (χ3n) is 2.95. The van der Waals surface area contributed by atoms with E-state index in [2.05, 4.69) is 16.9 Å². The van der Waals surface area contributed by atoms with E-state index >= 15 is 0 Å². The second-order valence-corrected chi connectivity index (χ2v) is 4.78. The summed E-state index contributed by atoms with van der Waals surface area (Å²) in [7, 11) is 0. The molecule has 16 heavy (non-hydrogen) atoms. The molecule has 2 N–H and O–H groups in total. The first-order valence-corrected chi connectivity index (χ1v) is 5.81. The van der Waals surface area contributed by atoms with Gasteiger partial charge in [0.25, 0.3) is 0 Å². The molecule has 0 saturated carbocycles. The van der Waals surface area contributed by atoms with Crippen molar-refractivity contribution >= 4 is 0 Å². The van der Waals surface area contributed by atoms with Crippen LogP contribution in [0.25, 0.3) is 0 Å². The first-order valence-electron chi connectivity index (χ1n) is 5.81. The Balaban J connectivity index is 2.12. The number of rotatable bonds is 3. The molecular formula is C12H19N3O. The Morgan fingerprint density at radius 1 is 1.50 bits per heavy atom. The van der Waals surface area contributed by atoms with Gasteiger partial charge in [-0.15, -0.1) is 0 Å². The average molecular weight is 221 g/mol. The Morgan fingerprint density at radius 3 is 2.69 bits per heavy atom. The van der Waals surface area contributed by atoms with Crippen molar-refractivity contribution in [3.8, 4) is 0 Å². The Kier molecular flexibility index (Phi) is 3.21. The van der Waals surface area contributed by atoms with Crippen LogP contribution in [-0.4, -0.2) is 22.6 Å². The molecule has 0 spiro atoms. The van der Waals surface area contributed by atoms with Gasteiger partial charge in [0.1, 0.15) is 5.60 Å². The van der Waals surface area contributed by atoms with E-state index in [0.717, 1.165) is 37.3 Å². The smallest absolute Gasteiger partial charge is 0.159 e. The van der Waals surface area contributed by atoms with Gasteiger partial charge in [-0.3, -0.25) is 0 Å². The third kappa shape index (κ3) is 2.39. The fourth-order valence-corrected chi connectivity index (χ4v) is 2.06. The van der Waals surface area contributed by atoms with Crippen LogP contribution in [0.1, 0.15) is 38.1 Å². The minimum atomic E-state index is -0.285. The highest BCUT2D eigenvalue weighted by Gasteiger charge is 2.34. The summed E-state index contributed by atoms with van der Waals surface area (Å²) in [6.45, 7) is 4.84. The van der Waals surface area contributed by atoms with E-state index in [1.54, 1.807) is 0 Å². The molecule has 0 bridgehead atoms. The normalized spacial score (nSPS) is 26.9. The number of hydrogen-bond acceptors (Lipinski definition) is 4. The number of nitrogens with zero attached hydrogens (tertiary/aromatic N) is 2. The predicted molar refractivity (Wildman–Crippen MR) is 61.9 cm³/mol. The van der Waals surface area contributed by atoms with Crippen LogP contribution in [0.2, 0.25) is 0 Å². The van der Waals surface area contributed by atoms with E-state index < -0.39 is 0 Å². The summed E-state index contributed by atoms with van der Waals surface area (Å²) >= 11 is 0. The Bertz CT molecular complexity index is 342. The molecule has 0 amide bonds. The molecule has 2 unspecified atom stereocenters. The lowest BCUT2D eigenvalue weighted by Crippen LogP contribution is -2.24.